The van der Waals surface area contributed by atoms with Gasteiger partial charge in [-0.05, 0) is 12.8 Å². The van der Waals surface area contributed by atoms with Gasteiger partial charge in [-0.2, -0.15) is 16.9 Å². The van der Waals surface area contributed by atoms with Gasteiger partial charge in [-0.1, -0.05) is 30.9 Å². The van der Waals surface area contributed by atoms with Crippen LogP contribution in [0.5, 0.6) is 0 Å². The fourth-order valence-corrected chi connectivity index (χ4v) is 3.93. The highest BCUT2D eigenvalue weighted by molar-refractivity contribution is 7.99. The lowest BCUT2D eigenvalue weighted by Gasteiger charge is -2.20. The van der Waals surface area contributed by atoms with Gasteiger partial charge in [-0.25, -0.2) is 9.97 Å². The molecule has 4 nitrogen and oxygen atoms in total. The third-order valence-corrected chi connectivity index (χ3v) is 5.25. The summed E-state index contributed by atoms with van der Waals surface area (Å²) in [7, 11) is 1.88. The number of aryl methyl sites for hydroxylation is 1. The summed E-state index contributed by atoms with van der Waals surface area (Å²) < 4.78 is 1.75. The summed E-state index contributed by atoms with van der Waals surface area (Å²) in [5.74, 6) is 1.66. The van der Waals surface area contributed by atoms with Crippen molar-refractivity contribution in [2.24, 2.45) is 7.05 Å². The Kier molecular flexibility index (Phi) is 3.93. The van der Waals surface area contributed by atoms with E-state index in [1.807, 2.05) is 18.8 Å². The van der Waals surface area contributed by atoms with Crippen molar-refractivity contribution in [3.05, 3.63) is 17.2 Å². The number of fused-ring (bicyclic) bond motifs is 1. The lowest BCUT2D eigenvalue weighted by molar-refractivity contribution is 0.516. The van der Waals surface area contributed by atoms with Gasteiger partial charge in [-0.15, -0.1) is 0 Å². The molecule has 0 radical (unpaired) electrons. The molecule has 0 atom stereocenters. The molecule has 0 aromatic carbocycles. The van der Waals surface area contributed by atoms with Crippen LogP contribution in [0.25, 0.3) is 11.0 Å². The monoisotopic (exact) mass is 296 g/mol. The second kappa shape index (κ2) is 5.67. The van der Waals surface area contributed by atoms with Gasteiger partial charge in [0.2, 0.25) is 0 Å². The van der Waals surface area contributed by atoms with Crippen LogP contribution in [-0.4, -0.2) is 25.0 Å². The molecule has 102 valence electrons. The van der Waals surface area contributed by atoms with Crippen LogP contribution in [0.3, 0.4) is 0 Å². The standard InChI is InChI=1S/C13H17ClN4S/c1-18-13-10(7-15-18)12(14)16-11(17-13)8-19-9-5-3-2-4-6-9/h7,9H,2-6,8H2,1H3. The highest BCUT2D eigenvalue weighted by Crippen LogP contribution is 2.30. The first-order valence-corrected chi connectivity index (χ1v) is 8.12. The zero-order chi connectivity index (χ0) is 13.2. The molecule has 0 amide bonds. The van der Waals surface area contributed by atoms with E-state index in [4.69, 9.17) is 11.6 Å². The van der Waals surface area contributed by atoms with Crippen LogP contribution in [0.4, 0.5) is 0 Å². The summed E-state index contributed by atoms with van der Waals surface area (Å²) in [4.78, 5) is 8.94. The predicted octanol–water partition coefficient (Wildman–Crippen LogP) is 3.58. The summed E-state index contributed by atoms with van der Waals surface area (Å²) in [6.45, 7) is 0. The summed E-state index contributed by atoms with van der Waals surface area (Å²) >= 11 is 8.15. The Hall–Kier alpha value is -0.810. The van der Waals surface area contributed by atoms with Crippen molar-refractivity contribution in [3.8, 4) is 0 Å². The molecule has 1 fully saturated rings. The van der Waals surface area contributed by atoms with E-state index in [-0.39, 0.29) is 0 Å². The minimum absolute atomic E-state index is 0.511. The van der Waals surface area contributed by atoms with Gasteiger partial charge in [0, 0.05) is 12.3 Å². The number of thioether (sulfide) groups is 1. The van der Waals surface area contributed by atoms with Gasteiger partial charge in [0.25, 0.3) is 0 Å². The number of rotatable bonds is 3. The van der Waals surface area contributed by atoms with Crippen LogP contribution < -0.4 is 0 Å². The van der Waals surface area contributed by atoms with Crippen LogP contribution in [0, 0.1) is 0 Å². The molecule has 2 aromatic rings. The third-order valence-electron chi connectivity index (χ3n) is 3.59. The lowest BCUT2D eigenvalue weighted by atomic mass is 10.0. The number of aromatic nitrogens is 4. The second-order valence-electron chi connectivity index (χ2n) is 5.01. The van der Waals surface area contributed by atoms with E-state index in [0.717, 1.165) is 27.9 Å². The van der Waals surface area contributed by atoms with E-state index in [2.05, 4.69) is 15.1 Å². The van der Waals surface area contributed by atoms with Crippen LogP contribution in [0.1, 0.15) is 37.9 Å². The van der Waals surface area contributed by atoms with Crippen LogP contribution in [-0.2, 0) is 12.8 Å². The van der Waals surface area contributed by atoms with Gasteiger partial charge in [0.1, 0.15) is 11.0 Å². The van der Waals surface area contributed by atoms with Crippen LogP contribution in [0.15, 0.2) is 6.20 Å². The highest BCUT2D eigenvalue weighted by Gasteiger charge is 2.15. The number of nitrogens with zero attached hydrogens (tertiary/aromatic N) is 4. The molecule has 0 spiro atoms. The maximum absolute atomic E-state index is 6.18. The van der Waals surface area contributed by atoms with Crippen molar-refractivity contribution in [2.75, 3.05) is 0 Å². The summed E-state index contributed by atoms with van der Waals surface area (Å²) in [6, 6.07) is 0. The van der Waals surface area contributed by atoms with E-state index >= 15 is 0 Å². The van der Waals surface area contributed by atoms with Gasteiger partial charge in [0.05, 0.1) is 17.3 Å². The van der Waals surface area contributed by atoms with E-state index in [1.165, 1.54) is 32.1 Å². The quantitative estimate of drug-likeness (QED) is 0.812. The van der Waals surface area contributed by atoms with Crippen molar-refractivity contribution in [3.63, 3.8) is 0 Å². The molecule has 19 heavy (non-hydrogen) atoms. The van der Waals surface area contributed by atoms with E-state index in [1.54, 1.807) is 10.9 Å². The van der Waals surface area contributed by atoms with E-state index in [9.17, 15) is 0 Å². The SMILES string of the molecule is Cn1ncc2c(Cl)nc(CSC3CCCCC3)nc21. The predicted molar refractivity (Wildman–Crippen MR) is 79.5 cm³/mol. The Morgan fingerprint density at radius 2 is 2.11 bits per heavy atom. The molecule has 0 N–H and O–H groups in total. The third kappa shape index (κ3) is 2.87. The Bertz CT molecular complexity index is 577. The number of halogens is 1. The number of hydrogen-bond acceptors (Lipinski definition) is 4. The molecule has 0 saturated heterocycles. The molecule has 1 aliphatic rings. The van der Waals surface area contributed by atoms with Gasteiger partial charge < -0.3 is 0 Å². The molecule has 3 rings (SSSR count). The minimum atomic E-state index is 0.511. The molecule has 2 aromatic heterocycles. The molecule has 1 saturated carbocycles. The fourth-order valence-electron chi connectivity index (χ4n) is 2.52. The smallest absolute Gasteiger partial charge is 0.162 e. The zero-order valence-corrected chi connectivity index (χ0v) is 12.5. The van der Waals surface area contributed by atoms with Crippen molar-refractivity contribution in [2.45, 2.75) is 43.1 Å². The maximum Gasteiger partial charge on any atom is 0.162 e. The van der Waals surface area contributed by atoms with Crippen molar-refractivity contribution >= 4 is 34.4 Å². The Labute approximate surface area is 121 Å². The Morgan fingerprint density at radius 1 is 1.32 bits per heavy atom. The molecule has 0 bridgehead atoms. The second-order valence-corrected chi connectivity index (χ2v) is 6.65. The molecule has 0 unspecified atom stereocenters. The maximum atomic E-state index is 6.18. The first-order valence-electron chi connectivity index (χ1n) is 6.70. The molecular weight excluding hydrogens is 280 g/mol. The topological polar surface area (TPSA) is 43.6 Å². The average Bonchev–Trinajstić information content (AvgIpc) is 2.80. The zero-order valence-electron chi connectivity index (χ0n) is 11.0. The van der Waals surface area contributed by atoms with Gasteiger partial charge >= 0.3 is 0 Å². The van der Waals surface area contributed by atoms with Crippen molar-refractivity contribution < 1.29 is 0 Å². The lowest BCUT2D eigenvalue weighted by Crippen LogP contribution is -2.09. The average molecular weight is 297 g/mol. The number of hydrogen-bond donors (Lipinski definition) is 0. The first-order chi connectivity index (χ1) is 9.24. The summed E-state index contributed by atoms with van der Waals surface area (Å²) in [6.07, 6.45) is 8.48. The fraction of sp³-hybridized carbons (Fsp3) is 0.615. The molecule has 0 aliphatic heterocycles. The van der Waals surface area contributed by atoms with Crippen molar-refractivity contribution in [1.29, 1.82) is 0 Å². The highest BCUT2D eigenvalue weighted by atomic mass is 35.5. The molecule has 6 heteroatoms. The molecular formula is C13H17ClN4S. The molecule has 1 aliphatic carbocycles. The van der Waals surface area contributed by atoms with Gasteiger partial charge in [0.15, 0.2) is 5.65 Å². The van der Waals surface area contributed by atoms with Gasteiger partial charge in [-0.3, -0.25) is 4.68 Å². The minimum Gasteiger partial charge on any atom is -0.250 e. The largest absolute Gasteiger partial charge is 0.250 e. The Morgan fingerprint density at radius 3 is 2.89 bits per heavy atom. The first kappa shape index (κ1) is 13.2. The summed E-state index contributed by atoms with van der Waals surface area (Å²) in [5, 5.41) is 6.27. The summed E-state index contributed by atoms with van der Waals surface area (Å²) in [5.41, 5.74) is 0.819. The van der Waals surface area contributed by atoms with Crippen LogP contribution >= 0.6 is 23.4 Å². The Balaban J connectivity index is 1.75. The normalized spacial score (nSPS) is 17.2. The van der Waals surface area contributed by atoms with E-state index in [0.29, 0.717) is 5.15 Å². The van der Waals surface area contributed by atoms with Crippen LogP contribution in [0.2, 0.25) is 5.15 Å². The van der Waals surface area contributed by atoms with Crippen molar-refractivity contribution in [1.82, 2.24) is 19.7 Å². The molecule has 2 heterocycles. The van der Waals surface area contributed by atoms with E-state index < -0.39 is 0 Å².